The normalized spacial score (nSPS) is 10.5. The lowest BCUT2D eigenvalue weighted by molar-refractivity contribution is -0.120. The highest BCUT2D eigenvalue weighted by Crippen LogP contribution is 2.28. The van der Waals surface area contributed by atoms with Gasteiger partial charge in [-0.2, -0.15) is 0 Å². The summed E-state index contributed by atoms with van der Waals surface area (Å²) in [6.45, 7) is 0.443. The minimum absolute atomic E-state index is 0.443. The summed E-state index contributed by atoms with van der Waals surface area (Å²) < 4.78 is 4.79. The topological polar surface area (TPSA) is 26.3 Å². The number of ether oxygens (including phenoxy) is 1. The Balaban J connectivity index is 1.75. The number of fused-ring (bicyclic) bond motifs is 1. The third kappa shape index (κ3) is 3.26. The molecule has 0 amide bonds. The van der Waals surface area contributed by atoms with Crippen LogP contribution in [-0.2, 0) is 10.5 Å². The summed E-state index contributed by atoms with van der Waals surface area (Å²) in [7, 11) is 0. The molecular formula is C18H14O2S. The molecule has 0 aliphatic rings. The second-order valence-corrected chi connectivity index (χ2v) is 5.66. The first kappa shape index (κ1) is 13.7. The highest BCUT2D eigenvalue weighted by Gasteiger charge is 2.02. The number of rotatable bonds is 5. The van der Waals surface area contributed by atoms with Gasteiger partial charge in [0.15, 0.2) is 0 Å². The van der Waals surface area contributed by atoms with E-state index in [9.17, 15) is 4.79 Å². The van der Waals surface area contributed by atoms with E-state index in [2.05, 4.69) is 42.5 Å². The van der Waals surface area contributed by atoms with Gasteiger partial charge in [0.2, 0.25) is 0 Å². The van der Waals surface area contributed by atoms with Gasteiger partial charge in [0.05, 0.1) is 0 Å². The molecule has 0 atom stereocenters. The van der Waals surface area contributed by atoms with Crippen molar-refractivity contribution >= 4 is 29.0 Å². The van der Waals surface area contributed by atoms with Crippen molar-refractivity contribution < 1.29 is 9.53 Å². The average Bonchev–Trinajstić information content (AvgIpc) is 2.54. The summed E-state index contributed by atoms with van der Waals surface area (Å²) in [6, 6.07) is 22.4. The van der Waals surface area contributed by atoms with E-state index in [-0.39, 0.29) is 0 Å². The van der Waals surface area contributed by atoms with Gasteiger partial charge in [0, 0.05) is 10.6 Å². The van der Waals surface area contributed by atoms with Crippen molar-refractivity contribution in [1.82, 2.24) is 0 Å². The molecule has 0 radical (unpaired) electrons. The van der Waals surface area contributed by atoms with Crippen molar-refractivity contribution in [2.75, 3.05) is 0 Å². The van der Waals surface area contributed by atoms with Crippen molar-refractivity contribution in [3.8, 4) is 5.75 Å². The lowest BCUT2D eigenvalue weighted by atomic mass is 10.1. The van der Waals surface area contributed by atoms with Gasteiger partial charge in [-0.05, 0) is 40.6 Å². The van der Waals surface area contributed by atoms with Crippen molar-refractivity contribution in [3.05, 3.63) is 72.3 Å². The van der Waals surface area contributed by atoms with Crippen molar-refractivity contribution in [3.63, 3.8) is 0 Å². The van der Waals surface area contributed by atoms with Crippen LogP contribution in [0.4, 0.5) is 0 Å². The van der Waals surface area contributed by atoms with Gasteiger partial charge >= 0.3 is 0 Å². The van der Waals surface area contributed by atoms with Crippen LogP contribution < -0.4 is 4.74 Å². The molecule has 21 heavy (non-hydrogen) atoms. The molecule has 0 aliphatic carbocycles. The Labute approximate surface area is 127 Å². The van der Waals surface area contributed by atoms with E-state index in [1.54, 1.807) is 23.9 Å². The Morgan fingerprint density at radius 3 is 2.48 bits per heavy atom. The Kier molecular flexibility index (Phi) is 4.22. The summed E-state index contributed by atoms with van der Waals surface area (Å²) in [4.78, 5) is 11.4. The van der Waals surface area contributed by atoms with E-state index in [1.165, 1.54) is 16.3 Å². The van der Waals surface area contributed by atoms with Crippen LogP contribution in [0.25, 0.3) is 10.8 Å². The fourth-order valence-corrected chi connectivity index (χ4v) is 3.15. The lowest BCUT2D eigenvalue weighted by Gasteiger charge is -2.07. The van der Waals surface area contributed by atoms with Crippen molar-refractivity contribution in [1.29, 1.82) is 0 Å². The fraction of sp³-hybridized carbons (Fsp3) is 0.0556. The smallest absolute Gasteiger partial charge is 0.298 e. The molecule has 0 saturated heterocycles. The third-order valence-corrected chi connectivity index (χ3v) is 4.34. The van der Waals surface area contributed by atoms with Crippen LogP contribution >= 0.6 is 11.8 Å². The number of benzene rings is 3. The summed E-state index contributed by atoms with van der Waals surface area (Å²) in [5.41, 5.74) is 1.33. The second-order valence-electron chi connectivity index (χ2n) is 4.61. The van der Waals surface area contributed by atoms with Crippen molar-refractivity contribution in [2.24, 2.45) is 0 Å². The molecule has 3 heteroatoms. The minimum Gasteiger partial charge on any atom is -0.429 e. The van der Waals surface area contributed by atoms with E-state index < -0.39 is 0 Å². The molecular weight excluding hydrogens is 280 g/mol. The predicted molar refractivity (Wildman–Crippen MR) is 86.6 cm³/mol. The number of hydrogen-bond acceptors (Lipinski definition) is 3. The number of carbonyl (C=O) groups is 1. The number of carbonyl (C=O) groups excluding carboxylic acids is 1. The van der Waals surface area contributed by atoms with Crippen LogP contribution in [0.15, 0.2) is 71.6 Å². The fourth-order valence-electron chi connectivity index (χ4n) is 2.25. The number of thioether (sulfide) groups is 1. The first-order chi connectivity index (χ1) is 10.4. The maximum absolute atomic E-state index is 10.3. The standard InChI is InChI=1S/C18H14O2S/c19-13-20-16-8-10-17(11-9-16)21-12-15-6-3-5-14-4-1-2-7-18(14)15/h1-11,13H,12H2. The minimum atomic E-state index is 0.443. The van der Waals surface area contributed by atoms with E-state index in [0.717, 1.165) is 10.6 Å². The summed E-state index contributed by atoms with van der Waals surface area (Å²) in [5, 5.41) is 2.57. The molecule has 104 valence electrons. The van der Waals surface area contributed by atoms with Gasteiger partial charge < -0.3 is 4.74 Å². The van der Waals surface area contributed by atoms with Gasteiger partial charge in [0.1, 0.15) is 5.75 Å². The molecule has 0 aromatic heterocycles. The highest BCUT2D eigenvalue weighted by molar-refractivity contribution is 7.98. The van der Waals surface area contributed by atoms with Gasteiger partial charge in [-0.3, -0.25) is 4.79 Å². The molecule has 0 aliphatic heterocycles. The second kappa shape index (κ2) is 6.46. The third-order valence-electron chi connectivity index (χ3n) is 3.28. The zero-order chi connectivity index (χ0) is 14.5. The van der Waals surface area contributed by atoms with E-state index in [4.69, 9.17) is 4.74 Å². The Morgan fingerprint density at radius 2 is 1.67 bits per heavy atom. The van der Waals surface area contributed by atoms with Gasteiger partial charge in [-0.1, -0.05) is 42.5 Å². The first-order valence-corrected chi connectivity index (χ1v) is 7.65. The summed E-state index contributed by atoms with van der Waals surface area (Å²) in [6.07, 6.45) is 0. The maximum atomic E-state index is 10.3. The average molecular weight is 294 g/mol. The Bertz CT molecular complexity index is 745. The molecule has 0 fully saturated rings. The van der Waals surface area contributed by atoms with Crippen molar-refractivity contribution in [2.45, 2.75) is 10.6 Å². The largest absolute Gasteiger partial charge is 0.429 e. The van der Waals surface area contributed by atoms with Crippen LogP contribution in [0, 0.1) is 0 Å². The van der Waals surface area contributed by atoms with Crippen LogP contribution in [0.1, 0.15) is 5.56 Å². The van der Waals surface area contributed by atoms with Crippen LogP contribution in [0.5, 0.6) is 5.75 Å². The molecule has 0 spiro atoms. The SMILES string of the molecule is O=COc1ccc(SCc2cccc3ccccc23)cc1. The predicted octanol–water partition coefficient (Wildman–Crippen LogP) is 4.67. The quantitative estimate of drug-likeness (QED) is 0.505. The monoisotopic (exact) mass is 294 g/mol. The zero-order valence-electron chi connectivity index (χ0n) is 11.4. The first-order valence-electron chi connectivity index (χ1n) is 6.66. The molecule has 0 heterocycles. The van der Waals surface area contributed by atoms with Crippen LogP contribution in [0.3, 0.4) is 0 Å². The molecule has 0 N–H and O–H groups in total. The molecule has 3 rings (SSSR count). The van der Waals surface area contributed by atoms with Crippen LogP contribution in [0.2, 0.25) is 0 Å². The maximum Gasteiger partial charge on any atom is 0.298 e. The van der Waals surface area contributed by atoms with Gasteiger partial charge in [-0.15, -0.1) is 11.8 Å². The van der Waals surface area contributed by atoms with Gasteiger partial charge in [-0.25, -0.2) is 0 Å². The van der Waals surface area contributed by atoms with Gasteiger partial charge in [0.25, 0.3) is 6.47 Å². The zero-order valence-corrected chi connectivity index (χ0v) is 12.2. The Hall–Kier alpha value is -2.26. The van der Waals surface area contributed by atoms with E-state index >= 15 is 0 Å². The van der Waals surface area contributed by atoms with Crippen LogP contribution in [-0.4, -0.2) is 6.47 Å². The molecule has 0 unspecified atom stereocenters. The van der Waals surface area contributed by atoms with E-state index in [1.807, 2.05) is 12.1 Å². The summed E-state index contributed by atoms with van der Waals surface area (Å²) >= 11 is 1.77. The Morgan fingerprint density at radius 1 is 0.905 bits per heavy atom. The molecule has 0 saturated carbocycles. The number of hydrogen-bond donors (Lipinski definition) is 0. The molecule has 3 aromatic carbocycles. The summed E-state index contributed by atoms with van der Waals surface area (Å²) in [5.74, 6) is 1.48. The molecule has 2 nitrogen and oxygen atoms in total. The van der Waals surface area contributed by atoms with E-state index in [0.29, 0.717) is 12.2 Å². The highest BCUT2D eigenvalue weighted by atomic mass is 32.2. The molecule has 3 aromatic rings. The lowest BCUT2D eigenvalue weighted by Crippen LogP contribution is -1.87. The molecule has 0 bridgehead atoms.